The number of aromatic nitrogens is 1. The molecule has 1 saturated carbocycles. The molecule has 1 aromatic rings. The van der Waals surface area contributed by atoms with Crippen LogP contribution in [0, 0.1) is 0 Å². The fraction of sp³-hybridized carbons (Fsp3) is 0.538. The van der Waals surface area contributed by atoms with Gasteiger partial charge in [-0.15, -0.1) is 0 Å². The number of pyridine rings is 1. The lowest BCUT2D eigenvalue weighted by Crippen LogP contribution is -2.24. The van der Waals surface area contributed by atoms with Crippen LogP contribution in [0.4, 0.5) is 8.78 Å². The zero-order chi connectivity index (χ0) is 14.0. The molecule has 1 fully saturated rings. The third-order valence-electron chi connectivity index (χ3n) is 3.49. The van der Waals surface area contributed by atoms with Crippen LogP contribution in [0.1, 0.15) is 47.7 Å². The summed E-state index contributed by atoms with van der Waals surface area (Å²) in [6, 6.07) is 1.34. The first-order chi connectivity index (χ1) is 8.93. The highest BCUT2D eigenvalue weighted by Gasteiger charge is 2.36. The molecule has 4 nitrogen and oxygen atoms in total. The largest absolute Gasteiger partial charge is 0.496 e. The summed E-state index contributed by atoms with van der Waals surface area (Å²) in [4.78, 5) is 14.7. The number of carboxylic acids is 1. The number of nitrogens with zero attached hydrogens (tertiary/aromatic N) is 1. The van der Waals surface area contributed by atoms with E-state index >= 15 is 0 Å². The van der Waals surface area contributed by atoms with Crippen molar-refractivity contribution in [1.82, 2.24) is 4.98 Å². The molecule has 1 aliphatic rings. The van der Waals surface area contributed by atoms with Gasteiger partial charge in [-0.2, -0.15) is 0 Å². The molecule has 0 radical (unpaired) electrons. The van der Waals surface area contributed by atoms with Gasteiger partial charge in [0.1, 0.15) is 5.75 Å². The molecule has 0 unspecified atom stereocenters. The maximum atomic E-state index is 13.1. The maximum absolute atomic E-state index is 13.1. The number of halogens is 2. The van der Waals surface area contributed by atoms with Crippen LogP contribution in [0.15, 0.2) is 12.3 Å². The topological polar surface area (TPSA) is 59.4 Å². The van der Waals surface area contributed by atoms with Crippen LogP contribution in [0.2, 0.25) is 0 Å². The van der Waals surface area contributed by atoms with Crippen LogP contribution >= 0.6 is 0 Å². The summed E-state index contributed by atoms with van der Waals surface area (Å²) < 4.78 is 31.4. The smallest absolute Gasteiger partial charge is 0.354 e. The maximum Gasteiger partial charge on any atom is 0.354 e. The van der Waals surface area contributed by atoms with Gasteiger partial charge in [0, 0.05) is 30.7 Å². The second-order valence-corrected chi connectivity index (χ2v) is 4.75. The molecule has 0 aliphatic heterocycles. The Hall–Kier alpha value is -1.72. The van der Waals surface area contributed by atoms with Crippen molar-refractivity contribution >= 4 is 5.97 Å². The molecule has 1 heterocycles. The average molecular weight is 271 g/mol. The predicted molar refractivity (Wildman–Crippen MR) is 63.9 cm³/mol. The molecular weight excluding hydrogens is 256 g/mol. The van der Waals surface area contributed by atoms with Gasteiger partial charge in [0.2, 0.25) is 5.92 Å². The monoisotopic (exact) mass is 271 g/mol. The highest BCUT2D eigenvalue weighted by Crippen LogP contribution is 2.43. The minimum atomic E-state index is -2.59. The molecule has 0 amide bonds. The van der Waals surface area contributed by atoms with Crippen molar-refractivity contribution in [3.63, 3.8) is 0 Å². The number of carboxylic acid groups (broad SMARTS) is 1. The fourth-order valence-corrected chi connectivity index (χ4v) is 2.40. The molecule has 1 aromatic heterocycles. The molecule has 0 aromatic carbocycles. The third kappa shape index (κ3) is 3.00. The van der Waals surface area contributed by atoms with Crippen molar-refractivity contribution in [2.75, 3.05) is 7.11 Å². The van der Waals surface area contributed by atoms with E-state index in [-0.39, 0.29) is 24.5 Å². The van der Waals surface area contributed by atoms with Gasteiger partial charge in [-0.05, 0) is 18.8 Å². The number of rotatable bonds is 3. The zero-order valence-electron chi connectivity index (χ0n) is 10.5. The van der Waals surface area contributed by atoms with Gasteiger partial charge in [0.15, 0.2) is 5.69 Å². The van der Waals surface area contributed by atoms with Crippen molar-refractivity contribution in [2.24, 2.45) is 0 Å². The number of hydrogen-bond donors (Lipinski definition) is 1. The van der Waals surface area contributed by atoms with E-state index in [1.54, 1.807) is 0 Å². The van der Waals surface area contributed by atoms with Crippen LogP contribution < -0.4 is 4.74 Å². The van der Waals surface area contributed by atoms with Crippen LogP contribution in [-0.2, 0) is 0 Å². The highest BCUT2D eigenvalue weighted by atomic mass is 19.3. The number of ether oxygens (including phenoxy) is 1. The molecule has 1 aliphatic carbocycles. The van der Waals surface area contributed by atoms with E-state index in [0.29, 0.717) is 24.2 Å². The number of carbonyl (C=O) groups is 1. The summed E-state index contributed by atoms with van der Waals surface area (Å²) in [5.41, 5.74) is 0.602. The van der Waals surface area contributed by atoms with E-state index in [1.807, 2.05) is 0 Å². The molecule has 1 N–H and O–H groups in total. The Kier molecular flexibility index (Phi) is 3.68. The summed E-state index contributed by atoms with van der Waals surface area (Å²) in [6.45, 7) is 0. The number of methoxy groups -OCH3 is 1. The van der Waals surface area contributed by atoms with Gasteiger partial charge >= 0.3 is 5.97 Å². The van der Waals surface area contributed by atoms with Crippen molar-refractivity contribution in [3.05, 3.63) is 23.5 Å². The lowest BCUT2D eigenvalue weighted by atomic mass is 9.82. The zero-order valence-corrected chi connectivity index (χ0v) is 10.5. The minimum Gasteiger partial charge on any atom is -0.496 e. The number of aromatic carboxylic acids is 1. The van der Waals surface area contributed by atoms with Crippen molar-refractivity contribution in [2.45, 2.75) is 37.5 Å². The first-order valence-electron chi connectivity index (χ1n) is 6.08. The summed E-state index contributed by atoms with van der Waals surface area (Å²) in [6.07, 6.45) is 1.84. The lowest BCUT2D eigenvalue weighted by molar-refractivity contribution is -0.0383. The Labute approximate surface area is 109 Å². The minimum absolute atomic E-state index is 0.0510. The third-order valence-corrected chi connectivity index (χ3v) is 3.49. The van der Waals surface area contributed by atoms with Gasteiger partial charge in [-0.3, -0.25) is 0 Å². The molecular formula is C13H15F2NO3. The Balaban J connectivity index is 2.23. The summed E-state index contributed by atoms with van der Waals surface area (Å²) >= 11 is 0. The van der Waals surface area contributed by atoms with E-state index in [0.717, 1.165) is 0 Å². The molecule has 2 rings (SSSR count). The van der Waals surface area contributed by atoms with Crippen LogP contribution in [0.25, 0.3) is 0 Å². The second kappa shape index (κ2) is 5.11. The Morgan fingerprint density at radius 1 is 1.47 bits per heavy atom. The molecule has 0 bridgehead atoms. The summed E-state index contributed by atoms with van der Waals surface area (Å²) in [7, 11) is 1.43. The standard InChI is InChI=1S/C13H15F2NO3/c1-19-11-6-10(12(17)18)16-7-9(11)8-2-4-13(14,15)5-3-8/h6-8H,2-5H2,1H3,(H,17,18). The summed E-state index contributed by atoms with van der Waals surface area (Å²) in [5.74, 6) is -3.37. The van der Waals surface area contributed by atoms with Crippen molar-refractivity contribution < 1.29 is 23.4 Å². The Bertz CT molecular complexity index is 481. The van der Waals surface area contributed by atoms with Crippen LogP contribution in [0.5, 0.6) is 5.75 Å². The van der Waals surface area contributed by atoms with Gasteiger partial charge in [0.05, 0.1) is 7.11 Å². The molecule has 0 atom stereocenters. The van der Waals surface area contributed by atoms with E-state index < -0.39 is 11.9 Å². The quantitative estimate of drug-likeness (QED) is 0.917. The first kappa shape index (κ1) is 13.7. The van der Waals surface area contributed by atoms with E-state index in [2.05, 4.69) is 4.98 Å². The molecule has 0 saturated heterocycles. The highest BCUT2D eigenvalue weighted by molar-refractivity contribution is 5.85. The SMILES string of the molecule is COc1cc(C(=O)O)ncc1C1CCC(F)(F)CC1. The van der Waals surface area contributed by atoms with Gasteiger partial charge in [0.25, 0.3) is 0 Å². The molecule has 19 heavy (non-hydrogen) atoms. The number of hydrogen-bond acceptors (Lipinski definition) is 3. The van der Waals surface area contributed by atoms with Gasteiger partial charge < -0.3 is 9.84 Å². The Morgan fingerprint density at radius 2 is 2.11 bits per heavy atom. The molecule has 104 valence electrons. The number of alkyl halides is 2. The Morgan fingerprint density at radius 3 is 2.63 bits per heavy atom. The predicted octanol–water partition coefficient (Wildman–Crippen LogP) is 3.08. The average Bonchev–Trinajstić information content (AvgIpc) is 2.38. The van der Waals surface area contributed by atoms with Crippen LogP contribution in [-0.4, -0.2) is 29.1 Å². The second-order valence-electron chi connectivity index (χ2n) is 4.75. The van der Waals surface area contributed by atoms with Crippen LogP contribution in [0.3, 0.4) is 0 Å². The van der Waals surface area contributed by atoms with Gasteiger partial charge in [-0.25, -0.2) is 18.6 Å². The van der Waals surface area contributed by atoms with E-state index in [9.17, 15) is 13.6 Å². The fourth-order valence-electron chi connectivity index (χ4n) is 2.40. The first-order valence-corrected chi connectivity index (χ1v) is 6.08. The molecule has 6 heteroatoms. The lowest BCUT2D eigenvalue weighted by Gasteiger charge is -2.29. The molecule has 0 spiro atoms. The van der Waals surface area contributed by atoms with E-state index in [1.165, 1.54) is 19.4 Å². The van der Waals surface area contributed by atoms with E-state index in [4.69, 9.17) is 9.84 Å². The normalized spacial score (nSPS) is 19.1. The summed E-state index contributed by atoms with van der Waals surface area (Å²) in [5, 5.41) is 8.86. The van der Waals surface area contributed by atoms with Crippen molar-refractivity contribution in [1.29, 1.82) is 0 Å². The van der Waals surface area contributed by atoms with Crippen molar-refractivity contribution in [3.8, 4) is 5.75 Å². The van der Waals surface area contributed by atoms with Gasteiger partial charge in [-0.1, -0.05) is 0 Å².